The number of likely N-dealkylation sites (N-methyl/N-ethyl adjacent to an activating group) is 1. The molecule has 2 N–H and O–H groups in total. The van der Waals surface area contributed by atoms with Crippen LogP contribution in [0.5, 0.6) is 0 Å². The van der Waals surface area contributed by atoms with E-state index in [9.17, 15) is 9.59 Å². The third-order valence-corrected chi connectivity index (χ3v) is 3.81. The van der Waals surface area contributed by atoms with Gasteiger partial charge in [-0.3, -0.25) is 9.59 Å². The van der Waals surface area contributed by atoms with E-state index < -0.39 is 0 Å². The summed E-state index contributed by atoms with van der Waals surface area (Å²) in [6.07, 6.45) is 0. The van der Waals surface area contributed by atoms with E-state index in [1.165, 1.54) is 5.56 Å². The zero-order valence-corrected chi connectivity index (χ0v) is 15.0. The molecule has 0 fully saturated rings. The molecule has 0 atom stereocenters. The first kappa shape index (κ1) is 18.7. The minimum atomic E-state index is -0.191. The van der Waals surface area contributed by atoms with Crippen LogP contribution in [0.4, 0.5) is 0 Å². The first-order valence-electron chi connectivity index (χ1n) is 8.32. The van der Waals surface area contributed by atoms with Crippen molar-refractivity contribution in [2.24, 2.45) is 0 Å². The van der Waals surface area contributed by atoms with Crippen molar-refractivity contribution in [3.05, 3.63) is 70.8 Å². The number of carbonyl (C=O) groups is 2. The number of carbonyl (C=O) groups excluding carboxylic acids is 2. The second kappa shape index (κ2) is 8.99. The summed E-state index contributed by atoms with van der Waals surface area (Å²) in [5.41, 5.74) is 3.19. The smallest absolute Gasteiger partial charge is 0.251 e. The predicted molar refractivity (Wildman–Crippen MR) is 99.7 cm³/mol. The standard InChI is InChI=1S/C20H25N3O2/c1-15-7-9-16(10-8-15)14-22-20(25)18-6-4-5-17(13-18)19(24)21-11-12-23(2)3/h4-10,13H,11-12,14H2,1-3H3,(H,21,24)(H,22,25). The van der Waals surface area contributed by atoms with Gasteiger partial charge in [-0.25, -0.2) is 0 Å². The third-order valence-electron chi connectivity index (χ3n) is 3.81. The van der Waals surface area contributed by atoms with E-state index >= 15 is 0 Å². The van der Waals surface area contributed by atoms with Crippen molar-refractivity contribution in [3.8, 4) is 0 Å². The SMILES string of the molecule is Cc1ccc(CNC(=O)c2cccc(C(=O)NCCN(C)C)c2)cc1. The molecule has 2 rings (SSSR count). The van der Waals surface area contributed by atoms with Crippen molar-refractivity contribution in [3.63, 3.8) is 0 Å². The fourth-order valence-corrected chi connectivity index (χ4v) is 2.29. The molecule has 0 heterocycles. The Balaban J connectivity index is 1.93. The van der Waals surface area contributed by atoms with Crippen LogP contribution in [0.1, 0.15) is 31.8 Å². The number of amides is 2. The summed E-state index contributed by atoms with van der Waals surface area (Å²) in [5.74, 6) is -0.362. The van der Waals surface area contributed by atoms with Gasteiger partial charge < -0.3 is 15.5 Å². The third kappa shape index (κ3) is 6.04. The van der Waals surface area contributed by atoms with E-state index in [0.717, 1.165) is 12.1 Å². The van der Waals surface area contributed by atoms with E-state index in [1.807, 2.05) is 50.2 Å². The van der Waals surface area contributed by atoms with E-state index in [1.54, 1.807) is 24.3 Å². The molecule has 0 aliphatic carbocycles. The highest BCUT2D eigenvalue weighted by Crippen LogP contribution is 2.07. The summed E-state index contributed by atoms with van der Waals surface area (Å²) in [5, 5.41) is 5.73. The van der Waals surface area contributed by atoms with Gasteiger partial charge in [0.1, 0.15) is 0 Å². The van der Waals surface area contributed by atoms with Crippen molar-refractivity contribution in [2.45, 2.75) is 13.5 Å². The van der Waals surface area contributed by atoms with Crippen LogP contribution in [-0.2, 0) is 6.54 Å². The molecule has 0 aromatic heterocycles. The molecule has 2 aromatic carbocycles. The lowest BCUT2D eigenvalue weighted by atomic mass is 10.1. The molecule has 0 saturated heterocycles. The maximum atomic E-state index is 12.3. The average Bonchev–Trinajstić information content (AvgIpc) is 2.60. The van der Waals surface area contributed by atoms with Crippen LogP contribution in [0.25, 0.3) is 0 Å². The number of rotatable bonds is 7. The van der Waals surface area contributed by atoms with Crippen molar-refractivity contribution in [2.75, 3.05) is 27.2 Å². The summed E-state index contributed by atoms with van der Waals surface area (Å²) in [6, 6.07) is 14.8. The largest absolute Gasteiger partial charge is 0.351 e. The molecule has 132 valence electrons. The van der Waals surface area contributed by atoms with Gasteiger partial charge in [0, 0.05) is 30.8 Å². The summed E-state index contributed by atoms with van der Waals surface area (Å²) in [4.78, 5) is 26.5. The molecule has 5 nitrogen and oxygen atoms in total. The Labute approximate surface area is 149 Å². The van der Waals surface area contributed by atoms with E-state index in [4.69, 9.17) is 0 Å². The lowest BCUT2D eigenvalue weighted by Gasteiger charge is -2.11. The lowest BCUT2D eigenvalue weighted by molar-refractivity contribution is 0.0950. The topological polar surface area (TPSA) is 61.4 Å². The number of aryl methyl sites for hydroxylation is 1. The highest BCUT2D eigenvalue weighted by atomic mass is 16.2. The first-order valence-corrected chi connectivity index (χ1v) is 8.32. The second-order valence-electron chi connectivity index (χ2n) is 6.31. The summed E-state index contributed by atoms with van der Waals surface area (Å²) in [6.45, 7) is 3.81. The Morgan fingerprint density at radius 1 is 0.920 bits per heavy atom. The fraction of sp³-hybridized carbons (Fsp3) is 0.300. The fourth-order valence-electron chi connectivity index (χ4n) is 2.29. The molecular weight excluding hydrogens is 314 g/mol. The number of benzene rings is 2. The molecule has 0 bridgehead atoms. The molecular formula is C20H25N3O2. The molecule has 5 heteroatoms. The molecule has 2 amide bonds. The number of hydrogen-bond donors (Lipinski definition) is 2. The molecule has 0 unspecified atom stereocenters. The van der Waals surface area contributed by atoms with E-state index in [0.29, 0.717) is 24.2 Å². The zero-order valence-electron chi connectivity index (χ0n) is 15.0. The van der Waals surface area contributed by atoms with Gasteiger partial charge in [0.05, 0.1) is 0 Å². The van der Waals surface area contributed by atoms with Gasteiger partial charge in [-0.15, -0.1) is 0 Å². The summed E-state index contributed by atoms with van der Waals surface area (Å²) < 4.78 is 0. The highest BCUT2D eigenvalue weighted by molar-refractivity contribution is 5.99. The van der Waals surface area contributed by atoms with Crippen LogP contribution in [0.3, 0.4) is 0 Å². The molecule has 0 saturated carbocycles. The van der Waals surface area contributed by atoms with Crippen LogP contribution >= 0.6 is 0 Å². The van der Waals surface area contributed by atoms with Gasteiger partial charge in [-0.1, -0.05) is 35.9 Å². The number of nitrogens with zero attached hydrogens (tertiary/aromatic N) is 1. The number of nitrogens with one attached hydrogen (secondary N) is 2. The predicted octanol–water partition coefficient (Wildman–Crippen LogP) is 2.22. The van der Waals surface area contributed by atoms with Gasteiger partial charge in [0.2, 0.25) is 0 Å². The minimum absolute atomic E-state index is 0.171. The normalized spacial score (nSPS) is 10.6. The number of hydrogen-bond acceptors (Lipinski definition) is 3. The van der Waals surface area contributed by atoms with Gasteiger partial charge in [-0.2, -0.15) is 0 Å². The molecule has 0 aliphatic heterocycles. The zero-order chi connectivity index (χ0) is 18.2. The van der Waals surface area contributed by atoms with Crippen LogP contribution < -0.4 is 10.6 Å². The van der Waals surface area contributed by atoms with Gasteiger partial charge in [0.15, 0.2) is 0 Å². The molecule has 0 aliphatic rings. The maximum absolute atomic E-state index is 12.3. The monoisotopic (exact) mass is 339 g/mol. The van der Waals surface area contributed by atoms with E-state index in [-0.39, 0.29) is 11.8 Å². The minimum Gasteiger partial charge on any atom is -0.351 e. The summed E-state index contributed by atoms with van der Waals surface area (Å²) >= 11 is 0. The lowest BCUT2D eigenvalue weighted by Crippen LogP contribution is -2.31. The second-order valence-corrected chi connectivity index (χ2v) is 6.31. The van der Waals surface area contributed by atoms with Gasteiger partial charge >= 0.3 is 0 Å². The quantitative estimate of drug-likeness (QED) is 0.813. The Morgan fingerprint density at radius 2 is 1.52 bits per heavy atom. The van der Waals surface area contributed by atoms with Crippen molar-refractivity contribution < 1.29 is 9.59 Å². The van der Waals surface area contributed by atoms with Gasteiger partial charge in [-0.05, 0) is 44.8 Å². The van der Waals surface area contributed by atoms with Crippen LogP contribution in [0, 0.1) is 6.92 Å². The highest BCUT2D eigenvalue weighted by Gasteiger charge is 2.10. The Hall–Kier alpha value is -2.66. The van der Waals surface area contributed by atoms with Crippen LogP contribution in [-0.4, -0.2) is 43.9 Å². The Bertz CT molecular complexity index is 724. The Kier molecular flexibility index (Phi) is 6.71. The van der Waals surface area contributed by atoms with Crippen molar-refractivity contribution in [1.82, 2.24) is 15.5 Å². The molecule has 0 spiro atoms. The summed E-state index contributed by atoms with van der Waals surface area (Å²) in [7, 11) is 3.90. The van der Waals surface area contributed by atoms with Crippen molar-refractivity contribution in [1.29, 1.82) is 0 Å². The Morgan fingerprint density at radius 3 is 2.12 bits per heavy atom. The van der Waals surface area contributed by atoms with Crippen LogP contribution in [0.15, 0.2) is 48.5 Å². The first-order chi connectivity index (χ1) is 12.0. The van der Waals surface area contributed by atoms with Crippen LogP contribution in [0.2, 0.25) is 0 Å². The molecule has 25 heavy (non-hydrogen) atoms. The molecule has 2 aromatic rings. The molecule has 0 radical (unpaired) electrons. The van der Waals surface area contributed by atoms with Gasteiger partial charge in [0.25, 0.3) is 11.8 Å². The van der Waals surface area contributed by atoms with E-state index in [2.05, 4.69) is 10.6 Å². The average molecular weight is 339 g/mol. The maximum Gasteiger partial charge on any atom is 0.251 e. The van der Waals surface area contributed by atoms with Crippen molar-refractivity contribution >= 4 is 11.8 Å².